The lowest BCUT2D eigenvalue weighted by atomic mass is 10.2. The van der Waals surface area contributed by atoms with E-state index in [4.69, 9.17) is 23.4 Å². The highest BCUT2D eigenvalue weighted by atomic mass is 16.5. The van der Waals surface area contributed by atoms with E-state index in [1.54, 1.807) is 67.8 Å². The van der Waals surface area contributed by atoms with E-state index in [-0.39, 0.29) is 23.7 Å². The van der Waals surface area contributed by atoms with Gasteiger partial charge in [0.25, 0.3) is 5.91 Å². The lowest BCUT2D eigenvalue weighted by Gasteiger charge is -2.12. The van der Waals surface area contributed by atoms with Crippen molar-refractivity contribution in [2.45, 2.75) is 6.92 Å². The Hall–Kier alpha value is -4.46. The zero-order valence-corrected chi connectivity index (χ0v) is 18.7. The van der Waals surface area contributed by atoms with Crippen molar-refractivity contribution >= 4 is 22.6 Å². The molecule has 0 atom stereocenters. The number of anilines is 1. The first-order valence-corrected chi connectivity index (χ1v) is 10.6. The number of carbonyl (C=O) groups is 1. The summed E-state index contributed by atoms with van der Waals surface area (Å²) in [5, 5.41) is 3.09. The van der Waals surface area contributed by atoms with Crippen LogP contribution < -0.4 is 29.7 Å². The van der Waals surface area contributed by atoms with Crippen LogP contribution in [0.1, 0.15) is 6.92 Å². The number of para-hydroxylation sites is 2. The molecule has 0 spiro atoms. The number of methoxy groups -OCH3 is 1. The van der Waals surface area contributed by atoms with Crippen molar-refractivity contribution in [1.29, 1.82) is 0 Å². The van der Waals surface area contributed by atoms with Crippen LogP contribution in [-0.2, 0) is 4.79 Å². The molecule has 0 aliphatic heterocycles. The molecule has 0 saturated heterocycles. The molecule has 4 rings (SSSR count). The van der Waals surface area contributed by atoms with Gasteiger partial charge in [0, 0.05) is 6.07 Å². The molecule has 8 nitrogen and oxygen atoms in total. The third-order valence-electron chi connectivity index (χ3n) is 4.83. The van der Waals surface area contributed by atoms with Crippen LogP contribution in [0.2, 0.25) is 0 Å². The molecule has 0 radical (unpaired) electrons. The average Bonchev–Trinajstić information content (AvgIpc) is 2.86. The Kier molecular flexibility index (Phi) is 6.98. The standard InChI is InChI=1S/C26H23NO7/c1-3-31-22-7-5-4-6-21(22)27-25(28)16-32-19-12-13-20-23(14-19)33-15-24(26(20)29)34-18-10-8-17(30-2)9-11-18/h4-15H,3,16H2,1-2H3,(H,27,28). The van der Waals surface area contributed by atoms with Crippen molar-refractivity contribution in [3.8, 4) is 28.7 Å². The SMILES string of the molecule is CCOc1ccccc1NC(=O)COc1ccc2c(=O)c(Oc3ccc(OC)cc3)coc2c1. The van der Waals surface area contributed by atoms with Gasteiger partial charge in [0.05, 0.1) is 24.8 Å². The van der Waals surface area contributed by atoms with Gasteiger partial charge in [-0.05, 0) is 55.5 Å². The zero-order valence-electron chi connectivity index (χ0n) is 18.7. The van der Waals surface area contributed by atoms with Gasteiger partial charge in [0.15, 0.2) is 6.61 Å². The predicted molar refractivity (Wildman–Crippen MR) is 127 cm³/mol. The molecular weight excluding hydrogens is 438 g/mol. The maximum absolute atomic E-state index is 12.8. The van der Waals surface area contributed by atoms with Crippen LogP contribution >= 0.6 is 0 Å². The molecule has 4 aromatic rings. The average molecular weight is 461 g/mol. The van der Waals surface area contributed by atoms with Crippen LogP contribution in [0.4, 0.5) is 5.69 Å². The van der Waals surface area contributed by atoms with E-state index in [0.717, 1.165) is 0 Å². The molecule has 1 aromatic heterocycles. The summed E-state index contributed by atoms with van der Waals surface area (Å²) in [5.41, 5.74) is 0.549. The molecule has 1 heterocycles. The number of hydrogen-bond acceptors (Lipinski definition) is 7. The minimum absolute atomic E-state index is 0.0543. The maximum Gasteiger partial charge on any atom is 0.262 e. The van der Waals surface area contributed by atoms with Crippen LogP contribution in [-0.4, -0.2) is 26.2 Å². The fourth-order valence-corrected chi connectivity index (χ4v) is 3.21. The van der Waals surface area contributed by atoms with Crippen molar-refractivity contribution in [1.82, 2.24) is 0 Å². The highest BCUT2D eigenvalue weighted by Gasteiger charge is 2.12. The second-order valence-corrected chi connectivity index (χ2v) is 7.13. The van der Waals surface area contributed by atoms with Gasteiger partial charge in [-0.1, -0.05) is 12.1 Å². The Bertz CT molecular complexity index is 1350. The minimum Gasteiger partial charge on any atom is -0.497 e. The molecule has 8 heteroatoms. The van der Waals surface area contributed by atoms with Gasteiger partial charge in [-0.2, -0.15) is 0 Å². The molecule has 174 valence electrons. The highest BCUT2D eigenvalue weighted by Crippen LogP contribution is 2.26. The molecule has 0 bridgehead atoms. The third kappa shape index (κ3) is 5.29. The molecule has 0 fully saturated rings. The van der Waals surface area contributed by atoms with Crippen molar-refractivity contribution in [2.24, 2.45) is 0 Å². The first-order chi connectivity index (χ1) is 16.6. The van der Waals surface area contributed by atoms with E-state index in [2.05, 4.69) is 5.32 Å². The summed E-state index contributed by atoms with van der Waals surface area (Å²) < 4.78 is 27.4. The number of hydrogen-bond donors (Lipinski definition) is 1. The Labute approximate surface area is 195 Å². The first kappa shape index (κ1) is 22.7. The largest absolute Gasteiger partial charge is 0.497 e. The molecule has 0 unspecified atom stereocenters. The zero-order chi connectivity index (χ0) is 23.9. The lowest BCUT2D eigenvalue weighted by Crippen LogP contribution is -2.20. The van der Waals surface area contributed by atoms with Gasteiger partial charge in [0.2, 0.25) is 11.2 Å². The van der Waals surface area contributed by atoms with Crippen LogP contribution in [0, 0.1) is 0 Å². The van der Waals surface area contributed by atoms with E-state index in [9.17, 15) is 9.59 Å². The van der Waals surface area contributed by atoms with Crippen LogP contribution in [0.5, 0.6) is 28.7 Å². The molecular formula is C26H23NO7. The summed E-state index contributed by atoms with van der Waals surface area (Å²) in [4.78, 5) is 25.1. The van der Waals surface area contributed by atoms with Gasteiger partial charge >= 0.3 is 0 Å². The number of ether oxygens (including phenoxy) is 4. The van der Waals surface area contributed by atoms with Crippen LogP contribution in [0.3, 0.4) is 0 Å². The topological polar surface area (TPSA) is 96.2 Å². The number of nitrogens with one attached hydrogen (secondary N) is 1. The van der Waals surface area contributed by atoms with E-state index >= 15 is 0 Å². The Balaban J connectivity index is 1.43. The van der Waals surface area contributed by atoms with Crippen molar-refractivity contribution < 1.29 is 28.2 Å². The maximum atomic E-state index is 12.8. The summed E-state index contributed by atoms with van der Waals surface area (Å²) in [6.45, 7) is 2.13. The second kappa shape index (κ2) is 10.4. The first-order valence-electron chi connectivity index (χ1n) is 10.6. The summed E-state index contributed by atoms with van der Waals surface area (Å²) >= 11 is 0. The van der Waals surface area contributed by atoms with Crippen molar-refractivity contribution in [2.75, 3.05) is 25.6 Å². The number of rotatable bonds is 9. The van der Waals surface area contributed by atoms with Gasteiger partial charge in [-0.3, -0.25) is 9.59 Å². The van der Waals surface area contributed by atoms with Crippen LogP contribution in [0.25, 0.3) is 11.0 Å². The molecule has 0 aliphatic carbocycles. The van der Waals surface area contributed by atoms with E-state index in [1.165, 1.54) is 6.26 Å². The number of amides is 1. The molecule has 1 amide bonds. The fourth-order valence-electron chi connectivity index (χ4n) is 3.21. The summed E-state index contributed by atoms with van der Waals surface area (Å²) in [6.07, 6.45) is 1.25. The number of fused-ring (bicyclic) bond motifs is 1. The summed E-state index contributed by atoms with van der Waals surface area (Å²) in [7, 11) is 1.57. The van der Waals surface area contributed by atoms with Crippen LogP contribution in [0.15, 0.2) is 82.2 Å². The molecule has 3 aromatic carbocycles. The number of carbonyl (C=O) groups excluding carboxylic acids is 1. The quantitative estimate of drug-likeness (QED) is 0.374. The Morgan fingerprint density at radius 1 is 0.912 bits per heavy atom. The van der Waals surface area contributed by atoms with E-state index in [0.29, 0.717) is 46.3 Å². The van der Waals surface area contributed by atoms with Crippen molar-refractivity contribution in [3.63, 3.8) is 0 Å². The third-order valence-corrected chi connectivity index (χ3v) is 4.83. The van der Waals surface area contributed by atoms with Crippen molar-refractivity contribution in [3.05, 3.63) is 83.2 Å². The van der Waals surface area contributed by atoms with Gasteiger partial charge in [0.1, 0.15) is 34.8 Å². The van der Waals surface area contributed by atoms with Gasteiger partial charge < -0.3 is 28.7 Å². The molecule has 1 N–H and O–H groups in total. The van der Waals surface area contributed by atoms with E-state index in [1.807, 2.05) is 13.0 Å². The molecule has 0 aliphatic rings. The van der Waals surface area contributed by atoms with Gasteiger partial charge in [-0.15, -0.1) is 0 Å². The molecule has 0 saturated carbocycles. The second-order valence-electron chi connectivity index (χ2n) is 7.13. The Morgan fingerprint density at radius 2 is 1.65 bits per heavy atom. The Morgan fingerprint density at radius 3 is 2.41 bits per heavy atom. The lowest BCUT2D eigenvalue weighted by molar-refractivity contribution is -0.118. The highest BCUT2D eigenvalue weighted by molar-refractivity contribution is 5.93. The summed E-state index contributed by atoms with van der Waals surface area (Å²) in [6, 6.07) is 18.7. The summed E-state index contributed by atoms with van der Waals surface area (Å²) in [5.74, 6) is 1.82. The molecule has 34 heavy (non-hydrogen) atoms. The smallest absolute Gasteiger partial charge is 0.262 e. The van der Waals surface area contributed by atoms with E-state index < -0.39 is 0 Å². The normalized spacial score (nSPS) is 10.5. The fraction of sp³-hybridized carbons (Fsp3) is 0.154. The number of benzene rings is 3. The predicted octanol–water partition coefficient (Wildman–Crippen LogP) is 5.01. The van der Waals surface area contributed by atoms with Gasteiger partial charge in [-0.25, -0.2) is 0 Å². The monoisotopic (exact) mass is 461 g/mol. The minimum atomic E-state index is -0.350.